The van der Waals surface area contributed by atoms with Gasteiger partial charge in [0.25, 0.3) is 0 Å². The molecule has 0 aromatic carbocycles. The first-order valence-electron chi connectivity index (χ1n) is 6.30. The zero-order valence-corrected chi connectivity index (χ0v) is 11.5. The molecule has 1 heterocycles. The monoisotopic (exact) mass is 271 g/mol. The molecule has 1 aliphatic rings. The summed E-state index contributed by atoms with van der Waals surface area (Å²) < 4.78 is 10.1. The number of hydrogen-bond donors (Lipinski definition) is 2. The number of hydrogen-bond acceptors (Lipinski definition) is 5. The molecule has 108 valence electrons. The van der Waals surface area contributed by atoms with Crippen LogP contribution in [0, 0.1) is 0 Å². The summed E-state index contributed by atoms with van der Waals surface area (Å²) >= 11 is 0. The maximum absolute atomic E-state index is 11.4. The fourth-order valence-corrected chi connectivity index (χ4v) is 1.57. The molecule has 0 aromatic heterocycles. The summed E-state index contributed by atoms with van der Waals surface area (Å²) in [5.41, 5.74) is -0.526. The molecular weight excluding hydrogens is 250 g/mol. The second kappa shape index (κ2) is 6.68. The molecule has 2 N–H and O–H groups in total. The van der Waals surface area contributed by atoms with Crippen LogP contribution in [-0.2, 0) is 14.3 Å². The minimum absolute atomic E-state index is 0.164. The van der Waals surface area contributed by atoms with Crippen molar-refractivity contribution in [2.45, 2.75) is 51.6 Å². The van der Waals surface area contributed by atoms with E-state index in [1.165, 1.54) is 12.2 Å². The number of aliphatic hydroxyl groups excluding tert-OH is 1. The van der Waals surface area contributed by atoms with Crippen LogP contribution >= 0.6 is 0 Å². The Morgan fingerprint density at radius 1 is 1.53 bits per heavy atom. The molecule has 6 heteroatoms. The van der Waals surface area contributed by atoms with E-state index in [9.17, 15) is 14.7 Å². The van der Waals surface area contributed by atoms with Crippen molar-refractivity contribution in [3.05, 3.63) is 12.2 Å². The van der Waals surface area contributed by atoms with Crippen LogP contribution in [0.15, 0.2) is 12.2 Å². The van der Waals surface area contributed by atoms with E-state index in [1.54, 1.807) is 20.8 Å². The van der Waals surface area contributed by atoms with Gasteiger partial charge in [-0.1, -0.05) is 0 Å². The van der Waals surface area contributed by atoms with E-state index in [2.05, 4.69) is 5.32 Å². The molecule has 0 aliphatic carbocycles. The van der Waals surface area contributed by atoms with E-state index in [1.807, 2.05) is 0 Å². The number of carbonyl (C=O) groups is 2. The quantitative estimate of drug-likeness (QED) is 0.749. The summed E-state index contributed by atoms with van der Waals surface area (Å²) in [6.45, 7) is 5.75. The lowest BCUT2D eigenvalue weighted by atomic mass is 10.1. The number of carbonyl (C=O) groups excluding carboxylic acids is 2. The van der Waals surface area contributed by atoms with Crippen LogP contribution < -0.4 is 5.32 Å². The van der Waals surface area contributed by atoms with Gasteiger partial charge in [-0.25, -0.2) is 4.79 Å². The van der Waals surface area contributed by atoms with Crippen LogP contribution in [0.5, 0.6) is 0 Å². The van der Waals surface area contributed by atoms with E-state index in [4.69, 9.17) is 9.47 Å². The highest BCUT2D eigenvalue weighted by Crippen LogP contribution is 2.12. The van der Waals surface area contributed by atoms with Crippen LogP contribution in [0.1, 0.15) is 33.6 Å². The Balaban J connectivity index is 2.19. The predicted octanol–water partition coefficient (Wildman–Crippen LogP) is 1.13. The van der Waals surface area contributed by atoms with Crippen molar-refractivity contribution in [2.24, 2.45) is 0 Å². The Kier molecular flexibility index (Phi) is 5.50. The molecule has 0 spiro atoms. The van der Waals surface area contributed by atoms with Gasteiger partial charge in [-0.15, -0.1) is 0 Å². The molecule has 0 saturated carbocycles. The molecule has 1 amide bonds. The van der Waals surface area contributed by atoms with Gasteiger partial charge in [0.1, 0.15) is 11.7 Å². The first-order chi connectivity index (χ1) is 8.78. The van der Waals surface area contributed by atoms with Crippen LogP contribution in [-0.4, -0.2) is 41.5 Å². The lowest BCUT2D eigenvalue weighted by molar-refractivity contribution is -0.148. The third kappa shape index (κ3) is 6.35. The minimum Gasteiger partial charge on any atom is -0.444 e. The van der Waals surface area contributed by atoms with Crippen molar-refractivity contribution < 1.29 is 24.2 Å². The molecule has 19 heavy (non-hydrogen) atoms. The van der Waals surface area contributed by atoms with E-state index in [0.29, 0.717) is 19.4 Å². The normalized spacial score (nSPS) is 23.3. The van der Waals surface area contributed by atoms with Crippen molar-refractivity contribution in [1.29, 1.82) is 0 Å². The highest BCUT2D eigenvalue weighted by molar-refractivity contribution is 5.94. The topological polar surface area (TPSA) is 84.9 Å². The van der Waals surface area contributed by atoms with Crippen molar-refractivity contribution in [2.75, 3.05) is 6.54 Å². The van der Waals surface area contributed by atoms with Gasteiger partial charge in [-0.3, -0.25) is 4.79 Å². The molecule has 2 unspecified atom stereocenters. The largest absolute Gasteiger partial charge is 0.444 e. The van der Waals surface area contributed by atoms with Crippen LogP contribution in [0.3, 0.4) is 0 Å². The molecule has 1 rings (SSSR count). The van der Waals surface area contributed by atoms with Crippen LogP contribution in [0.4, 0.5) is 4.79 Å². The lowest BCUT2D eigenvalue weighted by Crippen LogP contribution is -2.35. The molecule has 2 atom stereocenters. The van der Waals surface area contributed by atoms with Crippen molar-refractivity contribution >= 4 is 11.9 Å². The van der Waals surface area contributed by atoms with Gasteiger partial charge in [0.15, 0.2) is 12.1 Å². The molecule has 1 aliphatic heterocycles. The van der Waals surface area contributed by atoms with E-state index >= 15 is 0 Å². The summed E-state index contributed by atoms with van der Waals surface area (Å²) in [6.07, 6.45) is 1.48. The highest BCUT2D eigenvalue weighted by Gasteiger charge is 2.23. The van der Waals surface area contributed by atoms with Crippen molar-refractivity contribution in [3.8, 4) is 0 Å². The molecule has 0 saturated heterocycles. The first-order valence-corrected chi connectivity index (χ1v) is 6.30. The Bertz CT molecular complexity index is 359. The average Bonchev–Trinajstić information content (AvgIpc) is 2.26. The maximum atomic E-state index is 11.4. The first kappa shape index (κ1) is 15.7. The van der Waals surface area contributed by atoms with E-state index < -0.39 is 24.1 Å². The third-order valence-corrected chi connectivity index (χ3v) is 2.36. The third-order valence-electron chi connectivity index (χ3n) is 2.36. The zero-order valence-electron chi connectivity index (χ0n) is 11.5. The fourth-order valence-electron chi connectivity index (χ4n) is 1.57. The maximum Gasteiger partial charge on any atom is 0.407 e. The predicted molar refractivity (Wildman–Crippen MR) is 68.5 cm³/mol. The van der Waals surface area contributed by atoms with Gasteiger partial charge in [-0.2, -0.15) is 0 Å². The summed E-state index contributed by atoms with van der Waals surface area (Å²) in [4.78, 5) is 22.8. The van der Waals surface area contributed by atoms with Gasteiger partial charge in [0, 0.05) is 6.54 Å². The van der Waals surface area contributed by atoms with Gasteiger partial charge < -0.3 is 19.9 Å². The average molecular weight is 271 g/mol. The molecule has 6 nitrogen and oxygen atoms in total. The Morgan fingerprint density at radius 2 is 2.21 bits per heavy atom. The molecule has 0 bridgehead atoms. The van der Waals surface area contributed by atoms with Gasteiger partial charge >= 0.3 is 6.09 Å². The van der Waals surface area contributed by atoms with E-state index in [0.717, 1.165) is 0 Å². The van der Waals surface area contributed by atoms with Gasteiger partial charge in [0.05, 0.1) is 0 Å². The highest BCUT2D eigenvalue weighted by atomic mass is 16.6. The number of ether oxygens (including phenoxy) is 2. The smallest absolute Gasteiger partial charge is 0.407 e. The summed E-state index contributed by atoms with van der Waals surface area (Å²) in [6, 6.07) is 0. The van der Waals surface area contributed by atoms with Crippen molar-refractivity contribution in [1.82, 2.24) is 5.32 Å². The van der Waals surface area contributed by atoms with Gasteiger partial charge in [-0.05, 0) is 45.8 Å². The minimum atomic E-state index is -1.03. The Labute approximate surface area is 112 Å². The van der Waals surface area contributed by atoms with Crippen molar-refractivity contribution in [3.63, 3.8) is 0 Å². The van der Waals surface area contributed by atoms with Crippen LogP contribution in [0.25, 0.3) is 0 Å². The van der Waals surface area contributed by atoms with E-state index in [-0.39, 0.29) is 5.78 Å². The summed E-state index contributed by atoms with van der Waals surface area (Å²) in [7, 11) is 0. The number of amides is 1. The fraction of sp³-hybridized carbons (Fsp3) is 0.692. The Hall–Kier alpha value is -1.40. The van der Waals surface area contributed by atoms with Crippen LogP contribution in [0.2, 0.25) is 0 Å². The molecule has 0 radical (unpaired) electrons. The number of alkyl carbamates (subject to hydrolysis) is 1. The zero-order chi connectivity index (χ0) is 14.5. The number of rotatable bonds is 4. The second-order valence-electron chi connectivity index (χ2n) is 5.35. The SMILES string of the molecule is CC(C)(C)OC(=O)NCCCC1OC(O)C=CC1=O. The number of nitrogens with one attached hydrogen (secondary N) is 1. The lowest BCUT2D eigenvalue weighted by Gasteiger charge is -2.22. The standard InChI is InChI=1S/C13H21NO5/c1-13(2,3)19-12(17)14-8-4-5-10-9(15)6-7-11(16)18-10/h6-7,10-11,16H,4-5,8H2,1-3H3,(H,14,17). The molecule has 0 aromatic rings. The summed E-state index contributed by atoms with van der Waals surface area (Å²) in [5, 5.41) is 11.8. The molecule has 0 fully saturated rings. The molecular formula is C13H21NO5. The Morgan fingerprint density at radius 3 is 2.84 bits per heavy atom. The number of ketones is 1. The summed E-state index contributed by atoms with van der Waals surface area (Å²) in [5.74, 6) is -0.164. The van der Waals surface area contributed by atoms with Gasteiger partial charge in [0.2, 0.25) is 0 Å². The second-order valence-corrected chi connectivity index (χ2v) is 5.35. The number of aliphatic hydroxyl groups is 1.